The van der Waals surface area contributed by atoms with E-state index in [1.807, 2.05) is 13.0 Å². The second-order valence-electron chi connectivity index (χ2n) is 4.47. The molecule has 1 aromatic heterocycles. The highest BCUT2D eigenvalue weighted by atomic mass is 16.4. The van der Waals surface area contributed by atoms with Gasteiger partial charge in [0.05, 0.1) is 6.54 Å². The molecule has 0 radical (unpaired) electrons. The van der Waals surface area contributed by atoms with Gasteiger partial charge in [0, 0.05) is 18.9 Å². The van der Waals surface area contributed by atoms with Crippen LogP contribution in [0.3, 0.4) is 0 Å². The normalized spacial score (nSPS) is 10.7. The van der Waals surface area contributed by atoms with Crippen molar-refractivity contribution in [3.05, 3.63) is 52.7 Å². The van der Waals surface area contributed by atoms with Gasteiger partial charge in [-0.2, -0.15) is 0 Å². The van der Waals surface area contributed by atoms with E-state index in [4.69, 9.17) is 0 Å². The summed E-state index contributed by atoms with van der Waals surface area (Å²) in [6.45, 7) is 3.04. The van der Waals surface area contributed by atoms with Gasteiger partial charge in [-0.05, 0) is 17.4 Å². The quantitative estimate of drug-likeness (QED) is 0.731. The summed E-state index contributed by atoms with van der Waals surface area (Å²) in [5, 5.41) is 18.6. The molecule has 0 unspecified atom stereocenters. The molecule has 0 aliphatic heterocycles. The molecule has 2 rings (SSSR count). The number of nitrogens with zero attached hydrogens (tertiary/aromatic N) is 2. The molecule has 0 spiro atoms. The number of hydrogen-bond acceptors (Lipinski definition) is 3. The number of rotatable bonds is 5. The van der Waals surface area contributed by atoms with E-state index in [-0.39, 0.29) is 5.69 Å². The van der Waals surface area contributed by atoms with E-state index in [9.17, 15) is 14.8 Å². The van der Waals surface area contributed by atoms with E-state index >= 15 is 0 Å². The van der Waals surface area contributed by atoms with Gasteiger partial charge in [-0.15, -0.1) is 0 Å². The lowest BCUT2D eigenvalue weighted by Gasteiger charge is -2.08. The van der Waals surface area contributed by atoms with Crippen molar-refractivity contribution in [1.82, 2.24) is 9.13 Å². The van der Waals surface area contributed by atoms with E-state index < -0.39 is 7.12 Å². The molecule has 0 atom stereocenters. The van der Waals surface area contributed by atoms with Crippen molar-refractivity contribution in [2.75, 3.05) is 0 Å². The Hall–Kier alpha value is -1.79. The summed E-state index contributed by atoms with van der Waals surface area (Å²) in [5.74, 6) is 0. The summed E-state index contributed by atoms with van der Waals surface area (Å²) in [7, 11) is -1.52. The molecule has 0 fully saturated rings. The highest BCUT2D eigenvalue weighted by Gasteiger charge is 2.15. The first kappa shape index (κ1) is 13.6. The Kier molecular flexibility index (Phi) is 4.24. The minimum atomic E-state index is -1.52. The Bertz CT molecular complexity index is 604. The largest absolute Gasteiger partial charge is 0.488 e. The smallest absolute Gasteiger partial charge is 0.423 e. The highest BCUT2D eigenvalue weighted by molar-refractivity contribution is 6.59. The topological polar surface area (TPSA) is 67.4 Å². The lowest BCUT2D eigenvalue weighted by atomic mass is 9.77. The predicted octanol–water partition coefficient (Wildman–Crippen LogP) is -0.212. The summed E-state index contributed by atoms with van der Waals surface area (Å²) in [4.78, 5) is 12.0. The minimum absolute atomic E-state index is 0.0796. The van der Waals surface area contributed by atoms with Crippen molar-refractivity contribution < 1.29 is 10.0 Å². The molecule has 100 valence electrons. The van der Waals surface area contributed by atoms with Gasteiger partial charge < -0.3 is 10.0 Å². The Morgan fingerprint density at radius 1 is 1.16 bits per heavy atom. The number of hydrogen-bond donors (Lipinski definition) is 2. The molecule has 1 aromatic carbocycles. The molecular formula is C13H17BN2O3. The van der Waals surface area contributed by atoms with Crippen LogP contribution in [0.2, 0.25) is 0 Å². The van der Waals surface area contributed by atoms with Crippen LogP contribution in [0.1, 0.15) is 18.9 Å². The molecule has 1 heterocycles. The molecule has 5 nitrogen and oxygen atoms in total. The molecule has 0 amide bonds. The van der Waals surface area contributed by atoms with E-state index in [0.29, 0.717) is 18.6 Å². The zero-order valence-electron chi connectivity index (χ0n) is 10.9. The number of aryl methyl sites for hydroxylation is 1. The van der Waals surface area contributed by atoms with Gasteiger partial charge in [0.25, 0.3) is 0 Å². The molecular weight excluding hydrogens is 243 g/mol. The van der Waals surface area contributed by atoms with E-state index in [1.165, 1.54) is 0 Å². The number of benzene rings is 1. The monoisotopic (exact) mass is 260 g/mol. The van der Waals surface area contributed by atoms with Crippen LogP contribution in [0.5, 0.6) is 0 Å². The maximum Gasteiger partial charge on any atom is 0.488 e. The Morgan fingerprint density at radius 3 is 2.53 bits per heavy atom. The van der Waals surface area contributed by atoms with Crippen molar-refractivity contribution in [2.45, 2.75) is 26.4 Å². The lowest BCUT2D eigenvalue weighted by Crippen LogP contribution is -2.35. The number of aromatic nitrogens is 2. The molecule has 0 aliphatic rings. The van der Waals surface area contributed by atoms with Gasteiger partial charge in [-0.25, -0.2) is 4.79 Å². The van der Waals surface area contributed by atoms with Crippen LogP contribution in [-0.2, 0) is 13.1 Å². The molecule has 0 saturated carbocycles. The van der Waals surface area contributed by atoms with Gasteiger partial charge in [-0.1, -0.05) is 31.2 Å². The molecule has 0 aliphatic carbocycles. The first-order valence-corrected chi connectivity index (χ1v) is 6.33. The maximum absolute atomic E-state index is 12.0. The van der Waals surface area contributed by atoms with Crippen LogP contribution in [0, 0.1) is 0 Å². The minimum Gasteiger partial charge on any atom is -0.423 e. The third-order valence-electron chi connectivity index (χ3n) is 3.06. The third kappa shape index (κ3) is 2.97. The van der Waals surface area contributed by atoms with E-state index in [0.717, 1.165) is 12.0 Å². The molecule has 0 saturated heterocycles. The first-order chi connectivity index (χ1) is 9.13. The Morgan fingerprint density at radius 2 is 1.84 bits per heavy atom. The van der Waals surface area contributed by atoms with Crippen molar-refractivity contribution in [3.63, 3.8) is 0 Å². The average Bonchev–Trinajstić information content (AvgIpc) is 2.73. The van der Waals surface area contributed by atoms with Crippen LogP contribution in [-0.4, -0.2) is 26.3 Å². The van der Waals surface area contributed by atoms with Crippen molar-refractivity contribution >= 4 is 12.6 Å². The molecule has 0 bridgehead atoms. The third-order valence-corrected chi connectivity index (χ3v) is 3.06. The average molecular weight is 260 g/mol. The summed E-state index contributed by atoms with van der Waals surface area (Å²) >= 11 is 0. The van der Waals surface area contributed by atoms with Gasteiger partial charge >= 0.3 is 12.8 Å². The fourth-order valence-electron chi connectivity index (χ4n) is 2.10. The van der Waals surface area contributed by atoms with Crippen LogP contribution >= 0.6 is 0 Å². The van der Waals surface area contributed by atoms with Crippen LogP contribution < -0.4 is 11.2 Å². The summed E-state index contributed by atoms with van der Waals surface area (Å²) < 4.78 is 3.22. The van der Waals surface area contributed by atoms with Gasteiger partial charge in [0.2, 0.25) is 0 Å². The van der Waals surface area contributed by atoms with Crippen molar-refractivity contribution in [1.29, 1.82) is 0 Å². The fourth-order valence-corrected chi connectivity index (χ4v) is 2.10. The summed E-state index contributed by atoms with van der Waals surface area (Å²) in [5.41, 5.74) is 1.08. The molecule has 19 heavy (non-hydrogen) atoms. The lowest BCUT2D eigenvalue weighted by molar-refractivity contribution is 0.425. The first-order valence-electron chi connectivity index (χ1n) is 6.33. The Labute approximate surface area is 111 Å². The second kappa shape index (κ2) is 5.90. The van der Waals surface area contributed by atoms with Crippen molar-refractivity contribution in [3.8, 4) is 0 Å². The van der Waals surface area contributed by atoms with E-state index in [1.54, 1.807) is 39.7 Å². The fraction of sp³-hybridized carbons (Fsp3) is 0.308. The molecule has 2 N–H and O–H groups in total. The van der Waals surface area contributed by atoms with Gasteiger partial charge in [0.1, 0.15) is 0 Å². The zero-order valence-corrected chi connectivity index (χ0v) is 10.9. The molecule has 2 aromatic rings. The Balaban J connectivity index is 2.29. The standard InChI is InChI=1S/C13H17BN2O3/c1-2-7-15-8-9-16(13(15)17)10-11-5-3-4-6-12(11)14(18)19/h3-6,8-9,18-19H,2,7,10H2,1H3. The van der Waals surface area contributed by atoms with Crippen LogP contribution in [0.15, 0.2) is 41.5 Å². The zero-order chi connectivity index (χ0) is 13.8. The van der Waals surface area contributed by atoms with Crippen LogP contribution in [0.4, 0.5) is 0 Å². The van der Waals surface area contributed by atoms with Crippen LogP contribution in [0.25, 0.3) is 0 Å². The molecule has 6 heteroatoms. The SMILES string of the molecule is CCCn1ccn(Cc2ccccc2B(O)O)c1=O. The van der Waals surface area contributed by atoms with Gasteiger partial charge in [0.15, 0.2) is 0 Å². The summed E-state index contributed by atoms with van der Waals surface area (Å²) in [6.07, 6.45) is 4.37. The van der Waals surface area contributed by atoms with Crippen molar-refractivity contribution in [2.24, 2.45) is 0 Å². The van der Waals surface area contributed by atoms with Gasteiger partial charge in [-0.3, -0.25) is 9.13 Å². The second-order valence-corrected chi connectivity index (χ2v) is 4.47. The highest BCUT2D eigenvalue weighted by Crippen LogP contribution is 2.00. The predicted molar refractivity (Wildman–Crippen MR) is 74.4 cm³/mol. The maximum atomic E-state index is 12.0. The van der Waals surface area contributed by atoms with E-state index in [2.05, 4.69) is 0 Å². The summed E-state index contributed by atoms with van der Waals surface area (Å²) in [6, 6.07) is 6.99. The number of imidazole rings is 1.